The maximum Gasteiger partial charge on any atom is 0.424 e. The number of benzene rings is 1. The Morgan fingerprint density at radius 2 is 2.13 bits per heavy atom. The minimum absolute atomic E-state index is 0.0555. The number of amides is 1. The second-order valence-electron chi connectivity index (χ2n) is 6.34. The summed E-state index contributed by atoms with van der Waals surface area (Å²) in [6, 6.07) is 5.81. The van der Waals surface area contributed by atoms with E-state index in [0.717, 1.165) is 4.31 Å². The Hall–Kier alpha value is -2.00. The molecule has 8 nitrogen and oxygen atoms in total. The smallest absolute Gasteiger partial charge is 0.424 e. The van der Waals surface area contributed by atoms with Crippen LogP contribution >= 0.6 is 0 Å². The molecule has 1 aromatic rings. The van der Waals surface area contributed by atoms with Gasteiger partial charge in [-0.2, -0.15) is 4.31 Å². The fourth-order valence-electron chi connectivity index (χ4n) is 2.16. The minimum atomic E-state index is -2.02. The number of rotatable bonds is 2. The average Bonchev–Trinajstić information content (AvgIpc) is 2.74. The molecule has 1 heterocycles. The lowest BCUT2D eigenvalue weighted by Gasteiger charge is -2.32. The molecule has 2 unspecified atom stereocenters. The molecule has 0 N–H and O–H groups in total. The van der Waals surface area contributed by atoms with Crippen molar-refractivity contribution in [3.8, 4) is 0 Å². The standard InChI is InChI=1S/C14H18N2O6S/c1-13(2,3)22-12(17)15-14(4,9-21-23(15)20)10-6-5-7-11(8-10)16(18)19/h5-8H,9H2,1-4H3. The third-order valence-corrected chi connectivity index (χ3v) is 4.45. The molecule has 0 radical (unpaired) electrons. The first kappa shape index (κ1) is 17.4. The fourth-order valence-corrected chi connectivity index (χ4v) is 3.24. The van der Waals surface area contributed by atoms with Crippen molar-refractivity contribution >= 4 is 23.0 Å². The van der Waals surface area contributed by atoms with Crippen LogP contribution in [0.3, 0.4) is 0 Å². The zero-order chi connectivity index (χ0) is 17.4. The normalized spacial score (nSPS) is 24.5. The van der Waals surface area contributed by atoms with E-state index in [1.165, 1.54) is 18.2 Å². The van der Waals surface area contributed by atoms with Crippen LogP contribution in [0.4, 0.5) is 10.5 Å². The van der Waals surface area contributed by atoms with Crippen molar-refractivity contribution in [3.63, 3.8) is 0 Å². The number of non-ortho nitro benzene ring substituents is 1. The van der Waals surface area contributed by atoms with Gasteiger partial charge in [-0.25, -0.2) is 9.00 Å². The van der Waals surface area contributed by atoms with E-state index in [-0.39, 0.29) is 12.3 Å². The quantitative estimate of drug-likeness (QED) is 0.605. The highest BCUT2D eigenvalue weighted by atomic mass is 32.2. The number of carbonyl (C=O) groups excluding carboxylic acids is 1. The van der Waals surface area contributed by atoms with Crippen molar-refractivity contribution in [1.29, 1.82) is 0 Å². The minimum Gasteiger partial charge on any atom is -0.443 e. The number of nitrogens with zero attached hydrogens (tertiary/aromatic N) is 2. The molecule has 1 aliphatic heterocycles. The molecule has 0 saturated carbocycles. The number of carbonyl (C=O) groups is 1. The summed E-state index contributed by atoms with van der Waals surface area (Å²) >= 11 is -2.02. The Morgan fingerprint density at radius 1 is 1.48 bits per heavy atom. The van der Waals surface area contributed by atoms with Crippen molar-refractivity contribution in [3.05, 3.63) is 39.9 Å². The summed E-state index contributed by atoms with van der Waals surface area (Å²) in [5.74, 6) is 0. The predicted octanol–water partition coefficient (Wildman–Crippen LogP) is 2.66. The SMILES string of the molecule is CC(C)(C)OC(=O)N1S(=O)OCC1(C)c1cccc([N+](=O)[O-])c1. The van der Waals surface area contributed by atoms with Gasteiger partial charge < -0.3 is 4.74 Å². The molecular weight excluding hydrogens is 324 g/mol. The summed E-state index contributed by atoms with van der Waals surface area (Å²) in [5.41, 5.74) is -1.57. The van der Waals surface area contributed by atoms with E-state index >= 15 is 0 Å². The summed E-state index contributed by atoms with van der Waals surface area (Å²) in [5, 5.41) is 10.9. The molecule has 9 heteroatoms. The van der Waals surface area contributed by atoms with Crippen molar-refractivity contribution < 1.29 is 22.8 Å². The lowest BCUT2D eigenvalue weighted by molar-refractivity contribution is -0.385. The van der Waals surface area contributed by atoms with Crippen molar-refractivity contribution in [1.82, 2.24) is 4.31 Å². The number of hydrogen-bond acceptors (Lipinski definition) is 6. The van der Waals surface area contributed by atoms with Crippen LogP contribution in [0.25, 0.3) is 0 Å². The van der Waals surface area contributed by atoms with Crippen molar-refractivity contribution in [2.75, 3.05) is 6.61 Å². The first-order valence-electron chi connectivity index (χ1n) is 6.88. The maximum absolute atomic E-state index is 12.4. The molecule has 23 heavy (non-hydrogen) atoms. The molecule has 1 fully saturated rings. The zero-order valence-corrected chi connectivity index (χ0v) is 14.1. The van der Waals surface area contributed by atoms with Crippen LogP contribution in [0, 0.1) is 10.1 Å². The van der Waals surface area contributed by atoms with Gasteiger partial charge in [-0.15, -0.1) is 0 Å². The number of ether oxygens (including phenoxy) is 1. The Kier molecular flexibility index (Phi) is 4.45. The number of nitro groups is 1. The van der Waals surface area contributed by atoms with E-state index in [2.05, 4.69) is 0 Å². The van der Waals surface area contributed by atoms with Gasteiger partial charge in [0.05, 0.1) is 11.5 Å². The Balaban J connectivity index is 2.42. The Labute approximate surface area is 136 Å². The highest BCUT2D eigenvalue weighted by molar-refractivity contribution is 7.78. The predicted molar refractivity (Wildman–Crippen MR) is 82.6 cm³/mol. The van der Waals surface area contributed by atoms with E-state index in [1.54, 1.807) is 33.8 Å². The van der Waals surface area contributed by atoms with E-state index in [0.29, 0.717) is 5.56 Å². The van der Waals surface area contributed by atoms with E-state index in [4.69, 9.17) is 8.92 Å². The van der Waals surface area contributed by atoms with Gasteiger partial charge >= 0.3 is 6.09 Å². The van der Waals surface area contributed by atoms with Crippen LogP contribution in [0.15, 0.2) is 24.3 Å². The first-order chi connectivity index (χ1) is 10.5. The lowest BCUT2D eigenvalue weighted by atomic mass is 9.92. The summed E-state index contributed by atoms with van der Waals surface area (Å²) in [7, 11) is 0. The highest BCUT2D eigenvalue weighted by Gasteiger charge is 2.50. The van der Waals surface area contributed by atoms with Crippen LogP contribution in [0.1, 0.15) is 33.3 Å². The van der Waals surface area contributed by atoms with Crippen LogP contribution in [0.2, 0.25) is 0 Å². The zero-order valence-electron chi connectivity index (χ0n) is 13.3. The number of nitro benzene ring substituents is 1. The van der Waals surface area contributed by atoms with Crippen molar-refractivity contribution in [2.45, 2.75) is 38.8 Å². The molecule has 2 atom stereocenters. The molecular formula is C14H18N2O6S. The average molecular weight is 342 g/mol. The summed E-state index contributed by atoms with van der Waals surface area (Å²) in [6.07, 6.45) is -0.803. The molecule has 1 aromatic carbocycles. The van der Waals surface area contributed by atoms with Gasteiger partial charge in [0.25, 0.3) is 17.0 Å². The fraction of sp³-hybridized carbons (Fsp3) is 0.500. The summed E-state index contributed by atoms with van der Waals surface area (Å²) < 4.78 is 23.4. The second-order valence-corrected chi connectivity index (χ2v) is 7.37. The molecule has 0 bridgehead atoms. The van der Waals surface area contributed by atoms with E-state index in [9.17, 15) is 19.1 Å². The molecule has 0 aromatic heterocycles. The maximum atomic E-state index is 12.4. The van der Waals surface area contributed by atoms with E-state index in [1.807, 2.05) is 0 Å². The topological polar surface area (TPSA) is 99.0 Å². The van der Waals surface area contributed by atoms with Crippen LogP contribution < -0.4 is 0 Å². The lowest BCUT2D eigenvalue weighted by Crippen LogP contribution is -2.46. The van der Waals surface area contributed by atoms with Gasteiger partial charge in [0.1, 0.15) is 11.1 Å². The molecule has 1 aliphatic rings. The third-order valence-electron chi connectivity index (χ3n) is 3.28. The van der Waals surface area contributed by atoms with Crippen LogP contribution in [-0.2, 0) is 25.7 Å². The van der Waals surface area contributed by atoms with Crippen LogP contribution in [0.5, 0.6) is 0 Å². The van der Waals surface area contributed by atoms with Gasteiger partial charge in [0.2, 0.25) is 0 Å². The van der Waals surface area contributed by atoms with Gasteiger partial charge in [-0.05, 0) is 33.3 Å². The second kappa shape index (κ2) is 5.89. The summed E-state index contributed by atoms with van der Waals surface area (Å²) in [4.78, 5) is 22.8. The molecule has 1 amide bonds. The van der Waals surface area contributed by atoms with Gasteiger partial charge in [-0.1, -0.05) is 12.1 Å². The van der Waals surface area contributed by atoms with Gasteiger partial charge in [0, 0.05) is 12.1 Å². The van der Waals surface area contributed by atoms with Gasteiger partial charge in [0.15, 0.2) is 0 Å². The largest absolute Gasteiger partial charge is 0.443 e. The first-order valence-corrected chi connectivity index (χ1v) is 7.91. The van der Waals surface area contributed by atoms with Crippen molar-refractivity contribution in [2.24, 2.45) is 0 Å². The monoisotopic (exact) mass is 342 g/mol. The highest BCUT2D eigenvalue weighted by Crippen LogP contribution is 2.38. The van der Waals surface area contributed by atoms with E-state index < -0.39 is 33.4 Å². The molecule has 0 aliphatic carbocycles. The number of hydrogen-bond donors (Lipinski definition) is 0. The molecule has 126 valence electrons. The molecule has 1 saturated heterocycles. The van der Waals surface area contributed by atoms with Gasteiger partial charge in [-0.3, -0.25) is 14.3 Å². The Bertz CT molecular complexity index is 671. The third kappa shape index (κ3) is 3.50. The summed E-state index contributed by atoms with van der Waals surface area (Å²) in [6.45, 7) is 6.64. The Morgan fingerprint density at radius 3 is 2.70 bits per heavy atom. The van der Waals surface area contributed by atoms with Crippen LogP contribution in [-0.4, -0.2) is 31.7 Å². The molecule has 0 spiro atoms. The molecule has 2 rings (SSSR count).